The van der Waals surface area contributed by atoms with Crippen molar-refractivity contribution in [2.75, 3.05) is 13.2 Å². The molecule has 1 atom stereocenters. The van der Waals surface area contributed by atoms with Gasteiger partial charge in [-0.1, -0.05) is 26.0 Å². The van der Waals surface area contributed by atoms with Crippen LogP contribution in [0.1, 0.15) is 56.4 Å². The van der Waals surface area contributed by atoms with Crippen molar-refractivity contribution in [3.05, 3.63) is 47.4 Å². The zero-order valence-corrected chi connectivity index (χ0v) is 13.0. The normalized spacial score (nSPS) is 19.0. The first-order chi connectivity index (χ1) is 10.7. The summed E-state index contributed by atoms with van der Waals surface area (Å²) in [6.07, 6.45) is 2.48. The molecule has 0 N–H and O–H groups in total. The highest BCUT2D eigenvalue weighted by molar-refractivity contribution is 5.32. The average molecular weight is 304 g/mol. The van der Waals surface area contributed by atoms with Crippen LogP contribution in [0.2, 0.25) is 0 Å². The first kappa shape index (κ1) is 15.2. The third-order valence-electron chi connectivity index (χ3n) is 4.63. The molecule has 1 aromatic heterocycles. The molecule has 0 unspecified atom stereocenters. The van der Waals surface area contributed by atoms with E-state index in [0.29, 0.717) is 25.0 Å². The van der Waals surface area contributed by atoms with Gasteiger partial charge < -0.3 is 9.15 Å². The second-order valence-electron chi connectivity index (χ2n) is 5.96. The van der Waals surface area contributed by atoms with E-state index in [9.17, 15) is 4.39 Å². The van der Waals surface area contributed by atoms with E-state index in [4.69, 9.17) is 9.15 Å². The smallest absolute Gasteiger partial charge is 0.227 e. The predicted molar refractivity (Wildman–Crippen MR) is 80.2 cm³/mol. The lowest BCUT2D eigenvalue weighted by atomic mass is 9.74. The second-order valence-corrected chi connectivity index (χ2v) is 5.96. The Labute approximate surface area is 129 Å². The van der Waals surface area contributed by atoms with Crippen LogP contribution in [0, 0.1) is 5.82 Å². The Balaban J connectivity index is 2.02. The fraction of sp³-hybridized carbons (Fsp3) is 0.529. The molecule has 1 saturated heterocycles. The molecule has 0 bridgehead atoms. The van der Waals surface area contributed by atoms with Crippen molar-refractivity contribution in [2.24, 2.45) is 0 Å². The standard InChI is InChI=1S/C17H21FN2O2/c1-3-12(2)15-19-20-16(22-15)17(8-10-21-11-9-17)13-4-6-14(18)7-5-13/h4-7,12H,3,8-11H2,1-2H3/t12-/m0/s1. The average Bonchev–Trinajstić information content (AvgIpc) is 3.06. The lowest BCUT2D eigenvalue weighted by Crippen LogP contribution is -2.35. The van der Waals surface area contributed by atoms with Crippen molar-refractivity contribution in [1.82, 2.24) is 10.2 Å². The minimum absolute atomic E-state index is 0.239. The summed E-state index contributed by atoms with van der Waals surface area (Å²) in [5, 5.41) is 8.53. The first-order valence-corrected chi connectivity index (χ1v) is 7.83. The molecule has 1 fully saturated rings. The van der Waals surface area contributed by atoms with Crippen LogP contribution < -0.4 is 0 Å². The summed E-state index contributed by atoms with van der Waals surface area (Å²) in [6, 6.07) is 6.60. The molecule has 3 rings (SSSR count). The van der Waals surface area contributed by atoms with Crippen LogP contribution in [0.15, 0.2) is 28.7 Å². The van der Waals surface area contributed by atoms with Gasteiger partial charge in [-0.25, -0.2) is 4.39 Å². The Morgan fingerprint density at radius 3 is 2.50 bits per heavy atom. The highest BCUT2D eigenvalue weighted by Crippen LogP contribution is 2.41. The molecule has 5 heteroatoms. The topological polar surface area (TPSA) is 48.2 Å². The van der Waals surface area contributed by atoms with E-state index in [2.05, 4.69) is 24.0 Å². The van der Waals surface area contributed by atoms with Gasteiger partial charge in [-0.05, 0) is 37.0 Å². The summed E-state index contributed by atoms with van der Waals surface area (Å²) in [5.41, 5.74) is 0.640. The van der Waals surface area contributed by atoms with Crippen LogP contribution in [0.5, 0.6) is 0 Å². The Hall–Kier alpha value is -1.75. The van der Waals surface area contributed by atoms with Crippen molar-refractivity contribution in [2.45, 2.75) is 44.4 Å². The molecule has 0 radical (unpaired) electrons. The molecule has 0 amide bonds. The van der Waals surface area contributed by atoms with Gasteiger partial charge in [-0.15, -0.1) is 10.2 Å². The summed E-state index contributed by atoms with van der Waals surface area (Å²) in [7, 11) is 0. The number of ether oxygens (including phenoxy) is 1. The molecule has 4 nitrogen and oxygen atoms in total. The molecule has 0 aliphatic carbocycles. The SMILES string of the molecule is CC[C@H](C)c1nnc(C2(c3ccc(F)cc3)CCOCC2)o1. The van der Waals surface area contributed by atoms with Crippen LogP contribution >= 0.6 is 0 Å². The van der Waals surface area contributed by atoms with Gasteiger partial charge in [0.15, 0.2) is 0 Å². The van der Waals surface area contributed by atoms with Gasteiger partial charge in [0.05, 0.1) is 5.41 Å². The highest BCUT2D eigenvalue weighted by Gasteiger charge is 2.41. The van der Waals surface area contributed by atoms with Crippen molar-refractivity contribution < 1.29 is 13.5 Å². The summed E-state index contributed by atoms with van der Waals surface area (Å²) in [5.74, 6) is 1.30. The predicted octanol–water partition coefficient (Wildman–Crippen LogP) is 3.82. The molecule has 118 valence electrons. The van der Waals surface area contributed by atoms with Gasteiger partial charge in [0.25, 0.3) is 0 Å². The van der Waals surface area contributed by atoms with Gasteiger partial charge in [0.2, 0.25) is 11.8 Å². The first-order valence-electron chi connectivity index (χ1n) is 7.83. The third kappa shape index (κ3) is 2.65. The lowest BCUT2D eigenvalue weighted by Gasteiger charge is -2.34. The van der Waals surface area contributed by atoms with Crippen molar-refractivity contribution in [3.63, 3.8) is 0 Å². The number of aromatic nitrogens is 2. The fourth-order valence-corrected chi connectivity index (χ4v) is 2.92. The summed E-state index contributed by atoms with van der Waals surface area (Å²) < 4.78 is 24.8. The van der Waals surface area contributed by atoms with E-state index in [1.807, 2.05) is 12.1 Å². The van der Waals surface area contributed by atoms with E-state index in [0.717, 1.165) is 24.8 Å². The summed E-state index contributed by atoms with van der Waals surface area (Å²) >= 11 is 0. The van der Waals surface area contributed by atoms with Crippen LogP contribution in [-0.2, 0) is 10.2 Å². The van der Waals surface area contributed by atoms with Crippen LogP contribution in [0.25, 0.3) is 0 Å². The Bertz CT molecular complexity index is 618. The molecular formula is C17H21FN2O2. The van der Waals surface area contributed by atoms with E-state index in [1.54, 1.807) is 0 Å². The quantitative estimate of drug-likeness (QED) is 0.861. The zero-order chi connectivity index (χ0) is 15.6. The Kier molecular flexibility index (Phi) is 4.25. The fourth-order valence-electron chi connectivity index (χ4n) is 2.92. The molecule has 0 spiro atoms. The van der Waals surface area contributed by atoms with Gasteiger partial charge in [0.1, 0.15) is 5.82 Å². The maximum atomic E-state index is 13.3. The zero-order valence-electron chi connectivity index (χ0n) is 13.0. The number of nitrogens with zero attached hydrogens (tertiary/aromatic N) is 2. The minimum Gasteiger partial charge on any atom is -0.424 e. The molecule has 1 aliphatic heterocycles. The van der Waals surface area contributed by atoms with Gasteiger partial charge in [-0.3, -0.25) is 0 Å². The molecule has 0 saturated carbocycles. The van der Waals surface area contributed by atoms with Crippen molar-refractivity contribution in [3.8, 4) is 0 Å². The van der Waals surface area contributed by atoms with Gasteiger partial charge >= 0.3 is 0 Å². The lowest BCUT2D eigenvalue weighted by molar-refractivity contribution is 0.0539. The summed E-state index contributed by atoms with van der Waals surface area (Å²) in [6.45, 7) is 5.45. The van der Waals surface area contributed by atoms with Crippen molar-refractivity contribution >= 4 is 0 Å². The Morgan fingerprint density at radius 2 is 1.86 bits per heavy atom. The molecule has 1 aliphatic rings. The molecule has 2 aromatic rings. The Morgan fingerprint density at radius 1 is 1.18 bits per heavy atom. The third-order valence-corrected chi connectivity index (χ3v) is 4.63. The van der Waals surface area contributed by atoms with Crippen LogP contribution in [-0.4, -0.2) is 23.4 Å². The van der Waals surface area contributed by atoms with Crippen molar-refractivity contribution in [1.29, 1.82) is 0 Å². The molecule has 22 heavy (non-hydrogen) atoms. The monoisotopic (exact) mass is 304 g/mol. The minimum atomic E-state index is -0.370. The van der Waals surface area contributed by atoms with Gasteiger partial charge in [0, 0.05) is 19.1 Å². The van der Waals surface area contributed by atoms with E-state index in [-0.39, 0.29) is 17.2 Å². The van der Waals surface area contributed by atoms with Gasteiger partial charge in [-0.2, -0.15) is 0 Å². The number of rotatable bonds is 4. The maximum Gasteiger partial charge on any atom is 0.227 e. The van der Waals surface area contributed by atoms with E-state index >= 15 is 0 Å². The second kappa shape index (κ2) is 6.16. The van der Waals surface area contributed by atoms with Crippen LogP contribution in [0.3, 0.4) is 0 Å². The molecule has 1 aromatic carbocycles. The summed E-state index contributed by atoms with van der Waals surface area (Å²) in [4.78, 5) is 0. The number of hydrogen-bond acceptors (Lipinski definition) is 4. The van der Waals surface area contributed by atoms with Crippen LogP contribution in [0.4, 0.5) is 4.39 Å². The van der Waals surface area contributed by atoms with E-state index in [1.165, 1.54) is 12.1 Å². The largest absolute Gasteiger partial charge is 0.424 e. The molecule has 2 heterocycles. The van der Waals surface area contributed by atoms with E-state index < -0.39 is 0 Å². The number of hydrogen-bond donors (Lipinski definition) is 0. The maximum absolute atomic E-state index is 13.3. The molecular weight excluding hydrogens is 283 g/mol. The highest BCUT2D eigenvalue weighted by atomic mass is 19.1. The number of halogens is 1. The number of benzene rings is 1.